The summed E-state index contributed by atoms with van der Waals surface area (Å²) in [4.78, 5) is 0. The molecule has 0 bridgehead atoms. The first-order chi connectivity index (χ1) is 7.61. The number of hydrogen-bond donors (Lipinski definition) is 1. The highest BCUT2D eigenvalue weighted by molar-refractivity contribution is 5.61. The molecule has 84 valence electrons. The highest BCUT2D eigenvalue weighted by Crippen LogP contribution is 2.27. The number of hydrogen-bond acceptors (Lipinski definition) is 3. The van der Waals surface area contributed by atoms with E-state index in [1.807, 2.05) is 0 Å². The molecule has 0 unspecified atom stereocenters. The topological polar surface area (TPSA) is 52.0 Å². The monoisotopic (exact) mass is 228 g/mol. The summed E-state index contributed by atoms with van der Waals surface area (Å²) in [5.41, 5.74) is 5.10. The zero-order valence-corrected chi connectivity index (χ0v) is 8.01. The molecule has 1 heterocycles. The maximum atomic E-state index is 13.4. The van der Waals surface area contributed by atoms with Gasteiger partial charge in [0.15, 0.2) is 23.2 Å². The molecule has 1 aromatic carbocycles. The molecule has 0 saturated heterocycles. The summed E-state index contributed by atoms with van der Waals surface area (Å²) in [6, 6.07) is 3.18. The molecule has 0 spiro atoms. The van der Waals surface area contributed by atoms with Crippen LogP contribution in [0.1, 0.15) is 5.56 Å². The van der Waals surface area contributed by atoms with E-state index in [2.05, 4.69) is 9.68 Å². The van der Waals surface area contributed by atoms with Crippen molar-refractivity contribution in [1.82, 2.24) is 5.16 Å². The normalized spacial score (nSPS) is 10.7. The van der Waals surface area contributed by atoms with Crippen LogP contribution >= 0.6 is 0 Å². The lowest BCUT2D eigenvalue weighted by Crippen LogP contribution is -1.92. The number of aromatic nitrogens is 1. The minimum absolute atomic E-state index is 0.0175. The van der Waals surface area contributed by atoms with E-state index < -0.39 is 18.3 Å². The van der Waals surface area contributed by atoms with Crippen molar-refractivity contribution in [1.29, 1.82) is 0 Å². The molecule has 1 aromatic heterocycles. The Kier molecular flexibility index (Phi) is 2.55. The zero-order chi connectivity index (χ0) is 11.7. The molecule has 0 aliphatic heterocycles. The van der Waals surface area contributed by atoms with E-state index in [0.717, 1.165) is 12.1 Å². The van der Waals surface area contributed by atoms with Crippen LogP contribution in [0.2, 0.25) is 0 Å². The van der Waals surface area contributed by atoms with E-state index in [-0.39, 0.29) is 22.7 Å². The first-order valence-corrected chi connectivity index (χ1v) is 4.38. The van der Waals surface area contributed by atoms with E-state index in [4.69, 9.17) is 5.73 Å². The van der Waals surface area contributed by atoms with Crippen molar-refractivity contribution < 1.29 is 17.7 Å². The van der Waals surface area contributed by atoms with E-state index in [9.17, 15) is 13.2 Å². The molecule has 16 heavy (non-hydrogen) atoms. The van der Waals surface area contributed by atoms with Crippen LogP contribution in [0.25, 0.3) is 11.3 Å². The molecule has 2 N–H and O–H groups in total. The summed E-state index contributed by atoms with van der Waals surface area (Å²) >= 11 is 0. The molecule has 6 heteroatoms. The average Bonchev–Trinajstić information content (AvgIpc) is 2.68. The number of nitrogens with zero attached hydrogens (tertiary/aromatic N) is 1. The first kappa shape index (κ1) is 10.5. The number of nitrogen functional groups attached to an aromatic ring is 1. The molecule has 0 saturated carbocycles. The van der Waals surface area contributed by atoms with Crippen LogP contribution in [0.15, 0.2) is 22.7 Å². The van der Waals surface area contributed by atoms with Gasteiger partial charge in [0.25, 0.3) is 0 Å². The van der Waals surface area contributed by atoms with E-state index >= 15 is 0 Å². The van der Waals surface area contributed by atoms with Gasteiger partial charge in [0.05, 0.1) is 5.56 Å². The van der Waals surface area contributed by atoms with E-state index in [1.165, 1.54) is 6.07 Å². The van der Waals surface area contributed by atoms with Crippen LogP contribution in [0.5, 0.6) is 0 Å². The Labute approximate surface area is 88.7 Å². The molecular weight excluding hydrogens is 221 g/mol. The van der Waals surface area contributed by atoms with Gasteiger partial charge in [-0.3, -0.25) is 0 Å². The minimum Gasteiger partial charge on any atom is -0.381 e. The van der Waals surface area contributed by atoms with Crippen LogP contribution in [-0.2, 0) is 6.67 Å². The fourth-order valence-corrected chi connectivity index (χ4v) is 1.32. The van der Waals surface area contributed by atoms with Crippen molar-refractivity contribution in [3.63, 3.8) is 0 Å². The van der Waals surface area contributed by atoms with Crippen molar-refractivity contribution in [3.05, 3.63) is 35.4 Å². The van der Waals surface area contributed by atoms with Crippen molar-refractivity contribution in [2.45, 2.75) is 6.67 Å². The Balaban J connectivity index is 2.59. The fraction of sp³-hybridized carbons (Fsp3) is 0.100. The zero-order valence-electron chi connectivity index (χ0n) is 8.01. The quantitative estimate of drug-likeness (QED) is 0.859. The summed E-state index contributed by atoms with van der Waals surface area (Å²) < 4.78 is 43.5. The summed E-state index contributed by atoms with van der Waals surface area (Å²) in [7, 11) is 0. The third-order valence-electron chi connectivity index (χ3n) is 2.04. The van der Waals surface area contributed by atoms with Crippen LogP contribution in [0.4, 0.5) is 19.0 Å². The second-order valence-corrected chi connectivity index (χ2v) is 3.19. The smallest absolute Gasteiger partial charge is 0.172 e. The Morgan fingerprint density at radius 2 is 2.00 bits per heavy atom. The van der Waals surface area contributed by atoms with Gasteiger partial charge in [-0.25, -0.2) is 13.2 Å². The van der Waals surface area contributed by atoms with E-state index in [1.54, 1.807) is 0 Å². The van der Waals surface area contributed by atoms with Crippen LogP contribution in [0.3, 0.4) is 0 Å². The lowest BCUT2D eigenvalue weighted by atomic mass is 10.1. The molecule has 2 aromatic rings. The van der Waals surface area contributed by atoms with Crippen molar-refractivity contribution in [2.24, 2.45) is 0 Å². The third kappa shape index (κ3) is 1.73. The maximum absolute atomic E-state index is 13.4. The van der Waals surface area contributed by atoms with Crippen molar-refractivity contribution >= 4 is 5.82 Å². The van der Waals surface area contributed by atoms with Crippen LogP contribution in [-0.4, -0.2) is 5.16 Å². The average molecular weight is 228 g/mol. The summed E-state index contributed by atoms with van der Waals surface area (Å²) in [5, 5.41) is 3.34. The lowest BCUT2D eigenvalue weighted by Gasteiger charge is -2.02. The second-order valence-electron chi connectivity index (χ2n) is 3.19. The van der Waals surface area contributed by atoms with Gasteiger partial charge in [-0.05, 0) is 17.7 Å². The third-order valence-corrected chi connectivity index (χ3v) is 2.04. The van der Waals surface area contributed by atoms with Gasteiger partial charge in [0.2, 0.25) is 0 Å². The molecule has 0 fully saturated rings. The fourth-order valence-electron chi connectivity index (χ4n) is 1.32. The first-order valence-electron chi connectivity index (χ1n) is 4.38. The molecule has 0 aliphatic carbocycles. The van der Waals surface area contributed by atoms with Crippen molar-refractivity contribution in [3.8, 4) is 11.3 Å². The van der Waals surface area contributed by atoms with Crippen LogP contribution in [0, 0.1) is 11.6 Å². The highest BCUT2D eigenvalue weighted by atomic mass is 19.2. The number of benzene rings is 1. The molecule has 2 rings (SSSR count). The number of nitrogens with two attached hydrogens (primary N) is 1. The number of alkyl halides is 1. The van der Waals surface area contributed by atoms with Gasteiger partial charge in [-0.1, -0.05) is 5.16 Å². The molecule has 0 aliphatic rings. The lowest BCUT2D eigenvalue weighted by molar-refractivity contribution is 0.429. The molecule has 0 amide bonds. The minimum atomic E-state index is -1.14. The van der Waals surface area contributed by atoms with Gasteiger partial charge < -0.3 is 10.3 Å². The van der Waals surface area contributed by atoms with Gasteiger partial charge in [-0.2, -0.15) is 0 Å². The number of halogens is 3. The van der Waals surface area contributed by atoms with Crippen LogP contribution < -0.4 is 5.73 Å². The Morgan fingerprint density at radius 3 is 2.56 bits per heavy atom. The predicted molar refractivity (Wildman–Crippen MR) is 51.1 cm³/mol. The number of anilines is 1. The molecule has 0 atom stereocenters. The van der Waals surface area contributed by atoms with E-state index in [0.29, 0.717) is 0 Å². The van der Waals surface area contributed by atoms with Gasteiger partial charge >= 0.3 is 0 Å². The maximum Gasteiger partial charge on any atom is 0.172 e. The van der Waals surface area contributed by atoms with Gasteiger partial charge in [0, 0.05) is 6.07 Å². The SMILES string of the molecule is Nc1cc(-c2cc(CF)cc(F)c2F)on1. The Bertz CT molecular complexity index is 525. The van der Waals surface area contributed by atoms with Gasteiger partial charge in [-0.15, -0.1) is 0 Å². The second kappa shape index (κ2) is 3.88. The Hall–Kier alpha value is -1.98. The van der Waals surface area contributed by atoms with Gasteiger partial charge in [0.1, 0.15) is 6.67 Å². The molecule has 0 radical (unpaired) electrons. The van der Waals surface area contributed by atoms with Crippen molar-refractivity contribution in [2.75, 3.05) is 5.73 Å². The molecular formula is C10H7F3N2O. The molecule has 3 nitrogen and oxygen atoms in total. The summed E-state index contributed by atoms with van der Waals surface area (Å²) in [6.45, 7) is -0.895. The largest absolute Gasteiger partial charge is 0.381 e. The Morgan fingerprint density at radius 1 is 1.25 bits per heavy atom. The summed E-state index contributed by atoms with van der Waals surface area (Å²) in [6.07, 6.45) is 0. The highest BCUT2D eigenvalue weighted by Gasteiger charge is 2.16. The standard InChI is InChI=1S/C10H7F3N2O/c11-4-5-1-6(10(13)7(12)2-5)8-3-9(14)15-16-8/h1-3H,4H2,(H2,14,15). The number of rotatable bonds is 2. The predicted octanol–water partition coefficient (Wildman–Crippen LogP) is 2.67. The summed E-state index contributed by atoms with van der Waals surface area (Å²) in [5.74, 6) is -2.25.